The largest absolute Gasteiger partial charge is 0.382 e. The van der Waals surface area contributed by atoms with Crippen LogP contribution in [0.15, 0.2) is 0 Å². The third-order valence-corrected chi connectivity index (χ3v) is 2.19. The zero-order chi connectivity index (χ0) is 13.8. The standard InChI is InChI=1S/C12H25N3O3/c1-4-18-9-5-6-14-12(17)15-8-7-13-11(16)10(2)3/h10H,4-9H2,1-3H3,(H,13,16)(H2,14,15,17). The highest BCUT2D eigenvalue weighted by molar-refractivity contribution is 5.78. The van der Waals surface area contributed by atoms with E-state index in [1.807, 2.05) is 20.8 Å². The maximum absolute atomic E-state index is 11.3. The third kappa shape index (κ3) is 9.89. The Bertz CT molecular complexity index is 245. The number of hydrogen-bond donors (Lipinski definition) is 3. The number of carbonyl (C=O) groups is 2. The first kappa shape index (κ1) is 16.7. The van der Waals surface area contributed by atoms with Gasteiger partial charge in [0.15, 0.2) is 0 Å². The Morgan fingerprint density at radius 1 is 1.06 bits per heavy atom. The average molecular weight is 259 g/mol. The second-order valence-corrected chi connectivity index (χ2v) is 4.18. The second kappa shape index (κ2) is 10.8. The molecule has 0 aromatic heterocycles. The predicted molar refractivity (Wildman–Crippen MR) is 70.4 cm³/mol. The van der Waals surface area contributed by atoms with E-state index in [-0.39, 0.29) is 17.9 Å². The second-order valence-electron chi connectivity index (χ2n) is 4.18. The summed E-state index contributed by atoms with van der Waals surface area (Å²) < 4.78 is 5.14. The van der Waals surface area contributed by atoms with Gasteiger partial charge in [-0.2, -0.15) is 0 Å². The molecule has 0 rings (SSSR count). The number of carbonyl (C=O) groups excluding carboxylic acids is 2. The summed E-state index contributed by atoms with van der Waals surface area (Å²) in [5.41, 5.74) is 0. The molecule has 6 heteroatoms. The van der Waals surface area contributed by atoms with Gasteiger partial charge in [0.25, 0.3) is 0 Å². The van der Waals surface area contributed by atoms with Gasteiger partial charge >= 0.3 is 6.03 Å². The molecule has 0 aliphatic rings. The fourth-order valence-electron chi connectivity index (χ4n) is 1.15. The molecule has 0 spiro atoms. The number of rotatable bonds is 9. The lowest BCUT2D eigenvalue weighted by atomic mass is 10.2. The molecule has 0 radical (unpaired) electrons. The Morgan fingerprint density at radius 3 is 2.28 bits per heavy atom. The van der Waals surface area contributed by atoms with Crippen LogP contribution in [0.5, 0.6) is 0 Å². The maximum Gasteiger partial charge on any atom is 0.314 e. The minimum atomic E-state index is -0.217. The summed E-state index contributed by atoms with van der Waals surface area (Å²) in [7, 11) is 0. The number of hydrogen-bond acceptors (Lipinski definition) is 3. The summed E-state index contributed by atoms with van der Waals surface area (Å²) in [5, 5.41) is 8.09. The summed E-state index contributed by atoms with van der Waals surface area (Å²) in [4.78, 5) is 22.5. The first-order valence-corrected chi connectivity index (χ1v) is 6.45. The van der Waals surface area contributed by atoms with E-state index in [0.29, 0.717) is 32.8 Å². The van der Waals surface area contributed by atoms with Gasteiger partial charge in [0, 0.05) is 38.8 Å². The van der Waals surface area contributed by atoms with Crippen molar-refractivity contribution in [3.8, 4) is 0 Å². The molecule has 3 N–H and O–H groups in total. The van der Waals surface area contributed by atoms with Crippen molar-refractivity contribution in [2.75, 3.05) is 32.8 Å². The molecular weight excluding hydrogens is 234 g/mol. The smallest absolute Gasteiger partial charge is 0.314 e. The van der Waals surface area contributed by atoms with Crippen LogP contribution in [0.3, 0.4) is 0 Å². The Kier molecular flexibility index (Phi) is 10.0. The van der Waals surface area contributed by atoms with Crippen LogP contribution in [0.25, 0.3) is 0 Å². The van der Waals surface area contributed by atoms with Crippen molar-refractivity contribution in [3.63, 3.8) is 0 Å². The number of nitrogens with one attached hydrogen (secondary N) is 3. The van der Waals surface area contributed by atoms with Gasteiger partial charge in [-0.25, -0.2) is 4.79 Å². The molecule has 0 saturated carbocycles. The monoisotopic (exact) mass is 259 g/mol. The average Bonchev–Trinajstić information content (AvgIpc) is 2.34. The molecular formula is C12H25N3O3. The van der Waals surface area contributed by atoms with Gasteiger partial charge in [-0.3, -0.25) is 4.79 Å². The number of urea groups is 1. The summed E-state index contributed by atoms with van der Waals surface area (Å²) in [6, 6.07) is -0.217. The Balaban J connectivity index is 3.34. The summed E-state index contributed by atoms with van der Waals surface area (Å²) in [6.07, 6.45) is 0.797. The lowest BCUT2D eigenvalue weighted by Gasteiger charge is -2.09. The molecule has 18 heavy (non-hydrogen) atoms. The molecule has 6 nitrogen and oxygen atoms in total. The van der Waals surface area contributed by atoms with E-state index in [9.17, 15) is 9.59 Å². The van der Waals surface area contributed by atoms with Crippen molar-refractivity contribution in [1.82, 2.24) is 16.0 Å². The van der Waals surface area contributed by atoms with E-state index in [4.69, 9.17) is 4.74 Å². The molecule has 3 amide bonds. The van der Waals surface area contributed by atoms with E-state index in [1.165, 1.54) is 0 Å². The third-order valence-electron chi connectivity index (χ3n) is 2.19. The highest BCUT2D eigenvalue weighted by atomic mass is 16.5. The SMILES string of the molecule is CCOCCCNC(=O)NCCNC(=O)C(C)C. The van der Waals surface area contributed by atoms with E-state index in [1.54, 1.807) is 0 Å². The Labute approximate surface area is 109 Å². The summed E-state index contributed by atoms with van der Waals surface area (Å²) in [5.74, 6) is -0.0358. The van der Waals surface area contributed by atoms with Crippen LogP contribution in [0, 0.1) is 5.92 Å². The van der Waals surface area contributed by atoms with Crippen LogP contribution in [0.1, 0.15) is 27.2 Å². The van der Waals surface area contributed by atoms with E-state index in [0.717, 1.165) is 6.42 Å². The summed E-state index contributed by atoms with van der Waals surface area (Å²) >= 11 is 0. The molecule has 0 aromatic carbocycles. The van der Waals surface area contributed by atoms with Crippen LogP contribution >= 0.6 is 0 Å². The van der Waals surface area contributed by atoms with Gasteiger partial charge in [0.1, 0.15) is 0 Å². The zero-order valence-electron chi connectivity index (χ0n) is 11.5. The van der Waals surface area contributed by atoms with E-state index in [2.05, 4.69) is 16.0 Å². The van der Waals surface area contributed by atoms with Gasteiger partial charge in [-0.05, 0) is 13.3 Å². The van der Waals surface area contributed by atoms with Crippen molar-refractivity contribution >= 4 is 11.9 Å². The first-order valence-electron chi connectivity index (χ1n) is 6.45. The molecule has 0 fully saturated rings. The molecule has 0 aliphatic carbocycles. The van der Waals surface area contributed by atoms with E-state index < -0.39 is 0 Å². The Hall–Kier alpha value is -1.30. The van der Waals surface area contributed by atoms with Crippen molar-refractivity contribution in [1.29, 1.82) is 0 Å². The normalized spacial score (nSPS) is 10.2. The van der Waals surface area contributed by atoms with E-state index >= 15 is 0 Å². The molecule has 0 unspecified atom stereocenters. The molecule has 0 aliphatic heterocycles. The van der Waals surface area contributed by atoms with Gasteiger partial charge in [-0.1, -0.05) is 13.8 Å². The summed E-state index contributed by atoms with van der Waals surface area (Å²) in [6.45, 7) is 8.40. The van der Waals surface area contributed by atoms with Crippen LogP contribution in [0.4, 0.5) is 4.79 Å². The maximum atomic E-state index is 11.3. The van der Waals surface area contributed by atoms with Crippen molar-refractivity contribution in [2.24, 2.45) is 5.92 Å². The molecule has 0 heterocycles. The predicted octanol–water partition coefficient (Wildman–Crippen LogP) is 0.484. The van der Waals surface area contributed by atoms with Gasteiger partial charge in [0.05, 0.1) is 0 Å². The highest BCUT2D eigenvalue weighted by Gasteiger charge is 2.05. The van der Waals surface area contributed by atoms with Crippen molar-refractivity contribution in [2.45, 2.75) is 27.2 Å². The minimum absolute atomic E-state index is 0.00563. The lowest BCUT2D eigenvalue weighted by Crippen LogP contribution is -2.41. The zero-order valence-corrected chi connectivity index (χ0v) is 11.5. The molecule has 0 aromatic rings. The van der Waals surface area contributed by atoms with Crippen LogP contribution in [-0.2, 0) is 9.53 Å². The van der Waals surface area contributed by atoms with Crippen molar-refractivity contribution < 1.29 is 14.3 Å². The quantitative estimate of drug-likeness (QED) is 0.527. The topological polar surface area (TPSA) is 79.5 Å². The fourth-order valence-corrected chi connectivity index (χ4v) is 1.15. The molecule has 0 atom stereocenters. The molecule has 0 bridgehead atoms. The number of ether oxygens (including phenoxy) is 1. The van der Waals surface area contributed by atoms with Gasteiger partial charge in [-0.15, -0.1) is 0 Å². The molecule has 106 valence electrons. The fraction of sp³-hybridized carbons (Fsp3) is 0.833. The minimum Gasteiger partial charge on any atom is -0.382 e. The molecule has 0 saturated heterocycles. The lowest BCUT2D eigenvalue weighted by molar-refractivity contribution is -0.123. The number of amides is 3. The first-order chi connectivity index (χ1) is 8.57. The van der Waals surface area contributed by atoms with Gasteiger partial charge < -0.3 is 20.7 Å². The highest BCUT2D eigenvalue weighted by Crippen LogP contribution is 1.88. The van der Waals surface area contributed by atoms with Crippen LogP contribution < -0.4 is 16.0 Å². The van der Waals surface area contributed by atoms with Gasteiger partial charge in [0.2, 0.25) is 5.91 Å². The van der Waals surface area contributed by atoms with Crippen LogP contribution in [0.2, 0.25) is 0 Å². The van der Waals surface area contributed by atoms with Crippen molar-refractivity contribution in [3.05, 3.63) is 0 Å². The Morgan fingerprint density at radius 2 is 1.67 bits per heavy atom. The van der Waals surface area contributed by atoms with Crippen LogP contribution in [-0.4, -0.2) is 44.8 Å².